The Kier molecular flexibility index (Phi) is 6.07. The maximum atomic E-state index is 14.5. The standard InChI is InChI=1S/C26H24F2N6O2S/c1-15(35)33-9-6-17(7-10-33)31-24-5-4-21-25(32-24)18-13-23(37-22(18)8-11-36-21)26-29-14-30-34(26)20-3-2-16(27)12-19(20)28/h2-5,12-14,17H,6-11H2,1H3,(H,31,32). The van der Waals surface area contributed by atoms with E-state index in [0.29, 0.717) is 24.6 Å². The van der Waals surface area contributed by atoms with Crippen molar-refractivity contribution in [1.82, 2.24) is 24.6 Å². The van der Waals surface area contributed by atoms with Crippen molar-refractivity contribution in [3.8, 4) is 33.4 Å². The minimum Gasteiger partial charge on any atom is -0.491 e. The summed E-state index contributed by atoms with van der Waals surface area (Å²) >= 11 is 1.53. The molecule has 1 fully saturated rings. The number of hydrogen-bond donors (Lipinski definition) is 1. The zero-order valence-corrected chi connectivity index (χ0v) is 20.9. The number of carbonyl (C=O) groups excluding carboxylic acids is 1. The largest absolute Gasteiger partial charge is 0.491 e. The summed E-state index contributed by atoms with van der Waals surface area (Å²) in [6, 6.07) is 9.45. The van der Waals surface area contributed by atoms with Crippen LogP contribution < -0.4 is 10.1 Å². The van der Waals surface area contributed by atoms with Gasteiger partial charge in [-0.1, -0.05) is 0 Å². The van der Waals surface area contributed by atoms with Gasteiger partial charge in [-0.3, -0.25) is 4.79 Å². The highest BCUT2D eigenvalue weighted by atomic mass is 32.1. The van der Waals surface area contributed by atoms with Crippen molar-refractivity contribution in [3.63, 3.8) is 0 Å². The number of hydrogen-bond acceptors (Lipinski definition) is 7. The minimum absolute atomic E-state index is 0.109. The molecule has 0 atom stereocenters. The Morgan fingerprint density at radius 3 is 2.78 bits per heavy atom. The molecule has 4 aromatic rings. The number of halogens is 2. The molecule has 0 unspecified atom stereocenters. The highest BCUT2D eigenvalue weighted by molar-refractivity contribution is 7.16. The number of amides is 1. The van der Waals surface area contributed by atoms with Crippen LogP contribution in [0.3, 0.4) is 0 Å². The fourth-order valence-electron chi connectivity index (χ4n) is 4.80. The number of fused-ring (bicyclic) bond motifs is 3. The molecule has 1 aromatic carbocycles. The molecular formula is C26H24F2N6O2S. The fourth-order valence-corrected chi connectivity index (χ4v) is 5.93. The number of aromatic nitrogens is 4. The van der Waals surface area contributed by atoms with E-state index in [1.54, 1.807) is 6.92 Å². The zero-order valence-electron chi connectivity index (χ0n) is 20.1. The van der Waals surface area contributed by atoms with Crippen LogP contribution in [-0.2, 0) is 11.2 Å². The van der Waals surface area contributed by atoms with Crippen LogP contribution in [0.1, 0.15) is 24.6 Å². The van der Waals surface area contributed by atoms with Crippen LogP contribution in [0.5, 0.6) is 5.75 Å². The molecule has 0 saturated carbocycles. The van der Waals surface area contributed by atoms with E-state index < -0.39 is 11.6 Å². The van der Waals surface area contributed by atoms with E-state index in [4.69, 9.17) is 9.72 Å². The lowest BCUT2D eigenvalue weighted by molar-refractivity contribution is -0.129. The maximum absolute atomic E-state index is 14.5. The van der Waals surface area contributed by atoms with Gasteiger partial charge in [-0.25, -0.2) is 23.4 Å². The molecule has 0 radical (unpaired) electrons. The summed E-state index contributed by atoms with van der Waals surface area (Å²) in [7, 11) is 0. The van der Waals surface area contributed by atoms with Crippen molar-refractivity contribution in [3.05, 3.63) is 59.2 Å². The van der Waals surface area contributed by atoms with Gasteiger partial charge in [0.05, 0.1) is 11.5 Å². The third-order valence-electron chi connectivity index (χ3n) is 6.71. The number of likely N-dealkylation sites (tertiary alicyclic amines) is 1. The Morgan fingerprint density at radius 1 is 1.16 bits per heavy atom. The second-order valence-electron chi connectivity index (χ2n) is 9.11. The molecule has 2 aliphatic heterocycles. The molecule has 1 N–H and O–H groups in total. The number of thiophene rings is 1. The summed E-state index contributed by atoms with van der Waals surface area (Å²) < 4.78 is 35.3. The van der Waals surface area contributed by atoms with Crippen LogP contribution in [0, 0.1) is 11.6 Å². The van der Waals surface area contributed by atoms with Gasteiger partial charge >= 0.3 is 0 Å². The highest BCUT2D eigenvalue weighted by Crippen LogP contribution is 2.42. The predicted octanol–water partition coefficient (Wildman–Crippen LogP) is 4.69. The van der Waals surface area contributed by atoms with Gasteiger partial charge in [-0.15, -0.1) is 11.3 Å². The van der Waals surface area contributed by atoms with Crippen molar-refractivity contribution in [2.75, 3.05) is 25.0 Å². The number of anilines is 1. The van der Waals surface area contributed by atoms with Crippen molar-refractivity contribution in [2.45, 2.75) is 32.2 Å². The number of carbonyl (C=O) groups is 1. The van der Waals surface area contributed by atoms with E-state index in [0.717, 1.165) is 58.8 Å². The van der Waals surface area contributed by atoms with Crippen molar-refractivity contribution < 1.29 is 18.3 Å². The molecule has 0 spiro atoms. The number of nitrogens with one attached hydrogen (secondary N) is 1. The minimum atomic E-state index is -0.713. The van der Waals surface area contributed by atoms with Gasteiger partial charge in [-0.05, 0) is 43.2 Å². The van der Waals surface area contributed by atoms with E-state index in [-0.39, 0.29) is 17.6 Å². The van der Waals surface area contributed by atoms with Crippen molar-refractivity contribution in [1.29, 1.82) is 0 Å². The Morgan fingerprint density at radius 2 is 2.00 bits per heavy atom. The quantitative estimate of drug-likeness (QED) is 0.419. The van der Waals surface area contributed by atoms with Crippen LogP contribution in [0.2, 0.25) is 0 Å². The first-order valence-electron chi connectivity index (χ1n) is 12.1. The zero-order chi connectivity index (χ0) is 25.5. The lowest BCUT2D eigenvalue weighted by atomic mass is 10.0. The molecule has 1 amide bonds. The first kappa shape index (κ1) is 23.5. The van der Waals surface area contributed by atoms with Crippen LogP contribution in [-0.4, -0.2) is 56.3 Å². The topological polar surface area (TPSA) is 85.2 Å². The molecular weight excluding hydrogens is 498 g/mol. The normalized spacial score (nSPS) is 15.5. The molecule has 3 aromatic heterocycles. The van der Waals surface area contributed by atoms with Gasteiger partial charge < -0.3 is 15.0 Å². The first-order valence-corrected chi connectivity index (χ1v) is 12.9. The number of rotatable bonds is 4. The van der Waals surface area contributed by atoms with Gasteiger partial charge in [0.2, 0.25) is 5.91 Å². The Hall–Kier alpha value is -3.86. The third kappa shape index (κ3) is 4.55. The smallest absolute Gasteiger partial charge is 0.219 e. The van der Waals surface area contributed by atoms with Crippen molar-refractivity contribution >= 4 is 23.1 Å². The van der Waals surface area contributed by atoms with E-state index in [2.05, 4.69) is 15.4 Å². The predicted molar refractivity (Wildman–Crippen MR) is 136 cm³/mol. The van der Waals surface area contributed by atoms with E-state index in [9.17, 15) is 13.6 Å². The van der Waals surface area contributed by atoms with Gasteiger partial charge in [0.1, 0.15) is 35.1 Å². The van der Waals surface area contributed by atoms with Crippen LogP contribution in [0.15, 0.2) is 42.7 Å². The SMILES string of the molecule is CC(=O)N1CCC(Nc2ccc3c(n2)-c2cc(-c4ncnn4-c4ccc(F)cc4F)sc2CCO3)CC1. The second kappa shape index (κ2) is 9.55. The third-order valence-corrected chi connectivity index (χ3v) is 7.90. The molecule has 5 heterocycles. The molecule has 2 aliphatic rings. The number of piperidine rings is 1. The number of ether oxygens (including phenoxy) is 1. The lowest BCUT2D eigenvalue weighted by Crippen LogP contribution is -2.41. The van der Waals surface area contributed by atoms with Crippen LogP contribution in [0.25, 0.3) is 27.6 Å². The number of nitrogens with zero attached hydrogens (tertiary/aromatic N) is 5. The number of benzene rings is 1. The molecule has 0 aliphatic carbocycles. The Balaban J connectivity index is 1.31. The summed E-state index contributed by atoms with van der Waals surface area (Å²) in [5.41, 5.74) is 1.80. The van der Waals surface area contributed by atoms with Crippen LogP contribution in [0.4, 0.5) is 14.6 Å². The summed E-state index contributed by atoms with van der Waals surface area (Å²) in [6.45, 7) is 3.58. The molecule has 1 saturated heterocycles. The molecule has 11 heteroatoms. The van der Waals surface area contributed by atoms with E-state index in [1.807, 2.05) is 23.1 Å². The Labute approximate surface area is 215 Å². The van der Waals surface area contributed by atoms with Gasteiger partial charge in [0, 0.05) is 49.0 Å². The molecule has 6 rings (SSSR count). The van der Waals surface area contributed by atoms with E-state index >= 15 is 0 Å². The summed E-state index contributed by atoms with van der Waals surface area (Å²) in [6.07, 6.45) is 3.77. The molecule has 8 nitrogen and oxygen atoms in total. The molecule has 0 bridgehead atoms. The van der Waals surface area contributed by atoms with Gasteiger partial charge in [0.15, 0.2) is 11.6 Å². The second-order valence-corrected chi connectivity index (χ2v) is 10.2. The Bertz CT molecular complexity index is 1480. The van der Waals surface area contributed by atoms with Crippen LogP contribution >= 0.6 is 11.3 Å². The van der Waals surface area contributed by atoms with Gasteiger partial charge in [-0.2, -0.15) is 5.10 Å². The van der Waals surface area contributed by atoms with Crippen molar-refractivity contribution in [2.24, 2.45) is 0 Å². The summed E-state index contributed by atoms with van der Waals surface area (Å²) in [4.78, 5) is 24.7. The monoisotopic (exact) mass is 522 g/mol. The first-order chi connectivity index (χ1) is 18.0. The lowest BCUT2D eigenvalue weighted by Gasteiger charge is -2.32. The average molecular weight is 523 g/mol. The summed E-state index contributed by atoms with van der Waals surface area (Å²) in [5.74, 6) is 0.666. The fraction of sp³-hybridized carbons (Fsp3) is 0.308. The highest BCUT2D eigenvalue weighted by Gasteiger charge is 2.25. The summed E-state index contributed by atoms with van der Waals surface area (Å²) in [5, 5.41) is 7.71. The van der Waals surface area contributed by atoms with E-state index in [1.165, 1.54) is 34.5 Å². The van der Waals surface area contributed by atoms with Gasteiger partial charge in [0.25, 0.3) is 0 Å². The maximum Gasteiger partial charge on any atom is 0.219 e. The number of pyridine rings is 1. The molecule has 190 valence electrons. The molecule has 37 heavy (non-hydrogen) atoms. The average Bonchev–Trinajstić information content (AvgIpc) is 3.49.